The number of aromatic nitrogens is 3. The number of pyridine rings is 1. The monoisotopic (exact) mass is 573 g/mol. The van der Waals surface area contributed by atoms with E-state index in [4.69, 9.17) is 9.52 Å². The van der Waals surface area contributed by atoms with Gasteiger partial charge in [0.05, 0.1) is 5.52 Å². The second-order valence-electron chi connectivity index (χ2n) is 13.0. The first-order chi connectivity index (χ1) is 21.4. The van der Waals surface area contributed by atoms with Crippen LogP contribution in [0.3, 0.4) is 0 Å². The second kappa shape index (κ2) is 10.3. The standard InChI is InChI=1S/C40H35N3O/c1-24(2)19-26-13-18-37-34(21-26)35-23-27(20-25(3)4)22-33(38(35)44-37)28-14-16-29(17-15-28)39-41-42-40-32-11-6-5-9-30(32)31-10-7-8-12-36(31)43(39)40/h5-18,21-25H,19-20H2,1-4H3. The molecule has 3 heterocycles. The molecule has 0 bridgehead atoms. The Morgan fingerprint density at radius 2 is 1.25 bits per heavy atom. The number of hydrogen-bond donors (Lipinski definition) is 0. The minimum atomic E-state index is 0.560. The maximum absolute atomic E-state index is 6.58. The van der Waals surface area contributed by atoms with Crippen molar-refractivity contribution in [3.63, 3.8) is 0 Å². The van der Waals surface area contributed by atoms with Crippen LogP contribution < -0.4 is 0 Å². The van der Waals surface area contributed by atoms with Crippen LogP contribution in [0.15, 0.2) is 108 Å². The molecule has 44 heavy (non-hydrogen) atoms. The zero-order chi connectivity index (χ0) is 29.9. The van der Waals surface area contributed by atoms with Gasteiger partial charge in [0.25, 0.3) is 0 Å². The first kappa shape index (κ1) is 26.7. The summed E-state index contributed by atoms with van der Waals surface area (Å²) in [6.45, 7) is 9.10. The van der Waals surface area contributed by atoms with Gasteiger partial charge in [-0.05, 0) is 77.1 Å². The quantitative estimate of drug-likeness (QED) is 0.186. The van der Waals surface area contributed by atoms with Gasteiger partial charge in [-0.3, -0.25) is 4.40 Å². The molecule has 216 valence electrons. The van der Waals surface area contributed by atoms with Crippen LogP contribution in [-0.2, 0) is 12.8 Å². The van der Waals surface area contributed by atoms with Gasteiger partial charge in [0.1, 0.15) is 11.2 Å². The van der Waals surface area contributed by atoms with Crippen molar-refractivity contribution in [1.29, 1.82) is 0 Å². The van der Waals surface area contributed by atoms with Crippen LogP contribution >= 0.6 is 0 Å². The van der Waals surface area contributed by atoms with E-state index < -0.39 is 0 Å². The molecular weight excluding hydrogens is 538 g/mol. The van der Waals surface area contributed by atoms with Gasteiger partial charge in [-0.15, -0.1) is 10.2 Å². The molecule has 8 rings (SSSR count). The van der Waals surface area contributed by atoms with E-state index in [9.17, 15) is 0 Å². The average molecular weight is 574 g/mol. The van der Waals surface area contributed by atoms with Gasteiger partial charge in [0.15, 0.2) is 11.5 Å². The smallest absolute Gasteiger partial charge is 0.169 e. The summed E-state index contributed by atoms with van der Waals surface area (Å²) in [5, 5.41) is 15.3. The number of fused-ring (bicyclic) bond motifs is 9. The molecule has 0 spiro atoms. The molecule has 0 aliphatic carbocycles. The highest BCUT2D eigenvalue weighted by Gasteiger charge is 2.18. The average Bonchev–Trinajstić information content (AvgIpc) is 3.63. The van der Waals surface area contributed by atoms with Crippen LogP contribution in [0.25, 0.3) is 71.8 Å². The predicted molar refractivity (Wildman–Crippen MR) is 183 cm³/mol. The molecule has 3 aromatic heterocycles. The molecule has 0 amide bonds. The topological polar surface area (TPSA) is 43.3 Å². The molecule has 0 saturated heterocycles. The molecule has 0 fully saturated rings. The Hall–Kier alpha value is -4.96. The number of nitrogens with zero attached hydrogens (tertiary/aromatic N) is 3. The Morgan fingerprint density at radius 3 is 2.02 bits per heavy atom. The van der Waals surface area contributed by atoms with Crippen molar-refractivity contribution in [1.82, 2.24) is 14.6 Å². The molecular formula is C40H35N3O. The second-order valence-corrected chi connectivity index (χ2v) is 13.0. The number of benzene rings is 5. The lowest BCUT2D eigenvalue weighted by atomic mass is 9.94. The fraction of sp³-hybridized carbons (Fsp3) is 0.200. The summed E-state index contributed by atoms with van der Waals surface area (Å²) in [6.07, 6.45) is 2.08. The third kappa shape index (κ3) is 4.36. The molecule has 0 unspecified atom stereocenters. The van der Waals surface area contributed by atoms with Crippen LogP contribution in [-0.4, -0.2) is 14.6 Å². The van der Waals surface area contributed by atoms with Crippen LogP contribution in [0.2, 0.25) is 0 Å². The molecule has 0 N–H and O–H groups in total. The summed E-state index contributed by atoms with van der Waals surface area (Å²) in [4.78, 5) is 0. The molecule has 0 radical (unpaired) electrons. The lowest BCUT2D eigenvalue weighted by Crippen LogP contribution is -1.95. The van der Waals surface area contributed by atoms with Crippen LogP contribution in [0, 0.1) is 11.8 Å². The van der Waals surface area contributed by atoms with Gasteiger partial charge in [0.2, 0.25) is 0 Å². The van der Waals surface area contributed by atoms with E-state index in [0.29, 0.717) is 11.8 Å². The lowest BCUT2D eigenvalue weighted by Gasteiger charge is -2.11. The van der Waals surface area contributed by atoms with Gasteiger partial charge in [-0.1, -0.05) is 100 Å². The van der Waals surface area contributed by atoms with Crippen LogP contribution in [0.1, 0.15) is 38.8 Å². The van der Waals surface area contributed by atoms with Gasteiger partial charge in [-0.25, -0.2) is 0 Å². The summed E-state index contributed by atoms with van der Waals surface area (Å²) in [5.74, 6) is 2.01. The molecule has 0 aliphatic heterocycles. The van der Waals surface area contributed by atoms with E-state index >= 15 is 0 Å². The highest BCUT2D eigenvalue weighted by atomic mass is 16.3. The van der Waals surface area contributed by atoms with Gasteiger partial charge in [-0.2, -0.15) is 0 Å². The van der Waals surface area contributed by atoms with Crippen molar-refractivity contribution in [2.45, 2.75) is 40.5 Å². The largest absolute Gasteiger partial charge is 0.455 e. The first-order valence-electron chi connectivity index (χ1n) is 15.7. The predicted octanol–water partition coefficient (Wildman–Crippen LogP) is 10.7. The minimum absolute atomic E-state index is 0.560. The fourth-order valence-electron chi connectivity index (χ4n) is 6.87. The van der Waals surface area contributed by atoms with E-state index in [1.807, 2.05) is 0 Å². The van der Waals surface area contributed by atoms with Gasteiger partial charge < -0.3 is 4.42 Å². The molecule has 4 heteroatoms. The summed E-state index contributed by atoms with van der Waals surface area (Å²) < 4.78 is 8.78. The van der Waals surface area contributed by atoms with Crippen molar-refractivity contribution in [3.05, 3.63) is 114 Å². The van der Waals surface area contributed by atoms with E-state index in [-0.39, 0.29) is 0 Å². The third-order valence-corrected chi connectivity index (χ3v) is 8.70. The van der Waals surface area contributed by atoms with Gasteiger partial charge >= 0.3 is 0 Å². The number of furan rings is 1. The van der Waals surface area contributed by atoms with E-state index in [0.717, 1.165) is 63.1 Å². The summed E-state index contributed by atoms with van der Waals surface area (Å²) in [5.41, 5.74) is 9.87. The Kier molecular flexibility index (Phi) is 6.26. The van der Waals surface area contributed by atoms with Crippen molar-refractivity contribution in [2.75, 3.05) is 0 Å². The summed E-state index contributed by atoms with van der Waals surface area (Å²) in [7, 11) is 0. The highest BCUT2D eigenvalue weighted by Crippen LogP contribution is 2.39. The Bertz CT molecular complexity index is 2340. The molecule has 0 saturated carbocycles. The lowest BCUT2D eigenvalue weighted by molar-refractivity contribution is 0.645. The normalized spacial score (nSPS) is 12.2. The Labute approximate surface area is 257 Å². The molecule has 8 aromatic rings. The minimum Gasteiger partial charge on any atom is -0.455 e. The zero-order valence-corrected chi connectivity index (χ0v) is 25.6. The number of rotatable bonds is 6. The van der Waals surface area contributed by atoms with Crippen LogP contribution in [0.4, 0.5) is 0 Å². The van der Waals surface area contributed by atoms with E-state index in [1.165, 1.54) is 32.7 Å². The van der Waals surface area contributed by atoms with Crippen molar-refractivity contribution < 1.29 is 4.42 Å². The van der Waals surface area contributed by atoms with E-state index in [2.05, 4.69) is 140 Å². The molecule has 4 nitrogen and oxygen atoms in total. The number of hydrogen-bond acceptors (Lipinski definition) is 3. The van der Waals surface area contributed by atoms with Crippen LogP contribution in [0.5, 0.6) is 0 Å². The molecule has 0 aliphatic rings. The summed E-state index contributed by atoms with van der Waals surface area (Å²) in [6, 6.07) is 37.0. The highest BCUT2D eigenvalue weighted by molar-refractivity contribution is 6.12. The maximum Gasteiger partial charge on any atom is 0.169 e. The van der Waals surface area contributed by atoms with Crippen molar-refractivity contribution >= 4 is 49.3 Å². The fourth-order valence-corrected chi connectivity index (χ4v) is 6.87. The SMILES string of the molecule is CC(C)Cc1ccc2oc3c(-c4ccc(-c5nnc6c7ccccc7c7ccccc7n56)cc4)cc(CC(C)C)cc3c2c1. The molecule has 5 aromatic carbocycles. The van der Waals surface area contributed by atoms with Gasteiger partial charge in [0, 0.05) is 32.7 Å². The number of para-hydroxylation sites is 1. The zero-order valence-electron chi connectivity index (χ0n) is 25.6. The summed E-state index contributed by atoms with van der Waals surface area (Å²) >= 11 is 0. The van der Waals surface area contributed by atoms with Crippen molar-refractivity contribution in [2.24, 2.45) is 11.8 Å². The van der Waals surface area contributed by atoms with Crippen molar-refractivity contribution in [3.8, 4) is 22.5 Å². The van der Waals surface area contributed by atoms with E-state index in [1.54, 1.807) is 0 Å². The first-order valence-corrected chi connectivity index (χ1v) is 15.7. The maximum atomic E-state index is 6.58. The third-order valence-electron chi connectivity index (χ3n) is 8.70. The Balaban J connectivity index is 1.29. The Morgan fingerprint density at radius 1 is 0.591 bits per heavy atom. The molecule has 0 atom stereocenters.